The second-order valence-electron chi connectivity index (χ2n) is 7.17. The van der Waals surface area contributed by atoms with Gasteiger partial charge in [-0.1, -0.05) is 37.3 Å². The van der Waals surface area contributed by atoms with Gasteiger partial charge in [0.2, 0.25) is 5.91 Å². The van der Waals surface area contributed by atoms with Gasteiger partial charge in [0.1, 0.15) is 0 Å². The predicted molar refractivity (Wildman–Crippen MR) is 113 cm³/mol. The molecule has 1 N–H and O–H groups in total. The van der Waals surface area contributed by atoms with E-state index in [2.05, 4.69) is 41.3 Å². The Labute approximate surface area is 172 Å². The van der Waals surface area contributed by atoms with E-state index in [4.69, 9.17) is 0 Å². The van der Waals surface area contributed by atoms with E-state index in [9.17, 15) is 9.59 Å². The van der Waals surface area contributed by atoms with Gasteiger partial charge in [0.05, 0.1) is 18.4 Å². The number of amides is 2. The summed E-state index contributed by atoms with van der Waals surface area (Å²) in [7, 11) is 3.59. The molecule has 8 heteroatoms. The van der Waals surface area contributed by atoms with E-state index in [1.54, 1.807) is 17.9 Å². The van der Waals surface area contributed by atoms with Crippen LogP contribution in [0.25, 0.3) is 5.69 Å². The van der Waals surface area contributed by atoms with E-state index in [-0.39, 0.29) is 24.1 Å². The van der Waals surface area contributed by atoms with Crippen LogP contribution < -0.4 is 5.32 Å². The van der Waals surface area contributed by atoms with Crippen molar-refractivity contribution < 1.29 is 9.59 Å². The summed E-state index contributed by atoms with van der Waals surface area (Å²) in [6.45, 7) is 7.43. The molecular weight excluding hydrogens is 368 g/mol. The van der Waals surface area contributed by atoms with Gasteiger partial charge in [0, 0.05) is 26.2 Å². The molecule has 0 saturated carbocycles. The van der Waals surface area contributed by atoms with E-state index in [1.165, 1.54) is 4.90 Å². The molecule has 1 unspecified atom stereocenters. The Kier molecular flexibility index (Phi) is 8.33. The summed E-state index contributed by atoms with van der Waals surface area (Å²) in [4.78, 5) is 28.7. The number of nitrogens with one attached hydrogen (secondary N) is 1. The summed E-state index contributed by atoms with van der Waals surface area (Å²) in [5.74, 6) is -0.514. The zero-order valence-corrected chi connectivity index (χ0v) is 18.1. The van der Waals surface area contributed by atoms with Gasteiger partial charge in [0.15, 0.2) is 5.69 Å². The molecule has 1 aromatic carbocycles. The summed E-state index contributed by atoms with van der Waals surface area (Å²) >= 11 is 0. The number of para-hydroxylation sites is 1. The third-order valence-electron chi connectivity index (χ3n) is 5.30. The smallest absolute Gasteiger partial charge is 0.276 e. The molecule has 2 amide bonds. The molecule has 0 bridgehead atoms. The number of carbonyl (C=O) groups excluding carboxylic acids is 2. The van der Waals surface area contributed by atoms with Gasteiger partial charge in [-0.3, -0.25) is 9.59 Å². The molecule has 0 aliphatic rings. The van der Waals surface area contributed by atoms with Crippen LogP contribution >= 0.6 is 0 Å². The van der Waals surface area contributed by atoms with Gasteiger partial charge < -0.3 is 15.1 Å². The summed E-state index contributed by atoms with van der Waals surface area (Å²) in [6.07, 6.45) is 3.50. The number of rotatable bonds is 10. The van der Waals surface area contributed by atoms with Gasteiger partial charge in [-0.15, -0.1) is 5.10 Å². The van der Waals surface area contributed by atoms with Crippen LogP contribution in [0.4, 0.5) is 0 Å². The minimum atomic E-state index is -0.300. The summed E-state index contributed by atoms with van der Waals surface area (Å²) < 4.78 is 1.62. The Balaban J connectivity index is 2.20. The molecule has 0 spiro atoms. The maximum atomic E-state index is 13.1. The molecular formula is C21H32N6O2. The van der Waals surface area contributed by atoms with Gasteiger partial charge in [-0.2, -0.15) is 0 Å². The maximum Gasteiger partial charge on any atom is 0.276 e. The van der Waals surface area contributed by atoms with E-state index in [0.29, 0.717) is 19.1 Å². The average Bonchev–Trinajstić information content (AvgIpc) is 3.24. The summed E-state index contributed by atoms with van der Waals surface area (Å²) in [5.41, 5.74) is 2.25. The van der Waals surface area contributed by atoms with Crippen molar-refractivity contribution in [2.75, 3.05) is 33.7 Å². The van der Waals surface area contributed by atoms with Crippen LogP contribution in [0.3, 0.4) is 0 Å². The van der Waals surface area contributed by atoms with Crippen molar-refractivity contribution in [2.45, 2.75) is 39.7 Å². The number of benzene rings is 1. The van der Waals surface area contributed by atoms with Gasteiger partial charge in [0.25, 0.3) is 5.91 Å². The van der Waals surface area contributed by atoms with E-state index >= 15 is 0 Å². The lowest BCUT2D eigenvalue weighted by Gasteiger charge is -2.27. The van der Waals surface area contributed by atoms with Crippen molar-refractivity contribution in [1.29, 1.82) is 0 Å². The first-order valence-corrected chi connectivity index (χ1v) is 10.1. The van der Waals surface area contributed by atoms with Crippen LogP contribution in [0, 0.1) is 0 Å². The van der Waals surface area contributed by atoms with Crippen molar-refractivity contribution >= 4 is 11.8 Å². The Morgan fingerprint density at radius 1 is 1.21 bits per heavy atom. The number of aryl methyl sites for hydroxylation is 1. The monoisotopic (exact) mass is 400 g/mol. The quantitative estimate of drug-likeness (QED) is 0.657. The molecule has 1 heterocycles. The minimum absolute atomic E-state index is 0.0118. The molecule has 29 heavy (non-hydrogen) atoms. The van der Waals surface area contributed by atoms with Crippen LogP contribution in [0.5, 0.6) is 0 Å². The molecule has 1 atom stereocenters. The fraction of sp³-hybridized carbons (Fsp3) is 0.524. The molecule has 0 radical (unpaired) electrons. The van der Waals surface area contributed by atoms with Gasteiger partial charge in [-0.25, -0.2) is 4.68 Å². The Hall–Kier alpha value is -2.74. The van der Waals surface area contributed by atoms with Crippen molar-refractivity contribution in [1.82, 2.24) is 30.1 Å². The van der Waals surface area contributed by atoms with Gasteiger partial charge >= 0.3 is 0 Å². The highest BCUT2D eigenvalue weighted by molar-refractivity contribution is 5.94. The lowest BCUT2D eigenvalue weighted by Crippen LogP contribution is -2.44. The average molecular weight is 401 g/mol. The van der Waals surface area contributed by atoms with Crippen LogP contribution in [0.1, 0.15) is 43.2 Å². The number of carbonyl (C=O) groups is 2. The molecule has 158 valence electrons. The maximum absolute atomic E-state index is 13.1. The third-order valence-corrected chi connectivity index (χ3v) is 5.30. The topological polar surface area (TPSA) is 83.4 Å². The zero-order chi connectivity index (χ0) is 21.4. The largest absolute Gasteiger partial charge is 0.358 e. The molecule has 2 aromatic rings. The van der Waals surface area contributed by atoms with Crippen molar-refractivity contribution in [3.8, 4) is 5.69 Å². The fourth-order valence-electron chi connectivity index (χ4n) is 2.99. The number of hydrogen-bond acceptors (Lipinski definition) is 5. The second-order valence-corrected chi connectivity index (χ2v) is 7.17. The summed E-state index contributed by atoms with van der Waals surface area (Å²) in [6, 6.07) is 8.29. The Bertz CT molecular complexity index is 819. The Morgan fingerprint density at radius 2 is 1.93 bits per heavy atom. The van der Waals surface area contributed by atoms with E-state index < -0.39 is 0 Å². The van der Waals surface area contributed by atoms with Crippen molar-refractivity contribution in [3.63, 3.8) is 0 Å². The molecule has 0 fully saturated rings. The zero-order valence-electron chi connectivity index (χ0n) is 18.1. The number of hydrogen-bond donors (Lipinski definition) is 1. The number of likely N-dealkylation sites (N-methyl/N-ethyl adjacent to an activating group) is 2. The van der Waals surface area contributed by atoms with E-state index in [1.807, 2.05) is 31.3 Å². The van der Waals surface area contributed by atoms with E-state index in [0.717, 1.165) is 24.1 Å². The lowest BCUT2D eigenvalue weighted by atomic mass is 10.1. The van der Waals surface area contributed by atoms with Crippen LogP contribution in [-0.2, 0) is 11.2 Å². The standard InChI is InChI=1S/C21H32N6O2/c1-6-16(3)25(5)12-13-26(15-20(28)22-4)21(29)18-14-27(24-23-18)19-11-9-8-10-17(19)7-2/h8-11,14,16H,6-7,12-13,15H2,1-5H3,(H,22,28). The highest BCUT2D eigenvalue weighted by atomic mass is 16.2. The lowest BCUT2D eigenvalue weighted by molar-refractivity contribution is -0.121. The first-order chi connectivity index (χ1) is 13.9. The predicted octanol–water partition coefficient (Wildman–Crippen LogP) is 1.75. The highest BCUT2D eigenvalue weighted by Crippen LogP contribution is 2.15. The van der Waals surface area contributed by atoms with Crippen LogP contribution in [-0.4, -0.2) is 76.4 Å². The fourth-order valence-corrected chi connectivity index (χ4v) is 2.99. The summed E-state index contributed by atoms with van der Waals surface area (Å²) in [5, 5.41) is 10.8. The molecule has 8 nitrogen and oxygen atoms in total. The molecule has 0 aliphatic carbocycles. The SMILES string of the molecule is CCc1ccccc1-n1cc(C(=O)N(CCN(C)C(C)CC)CC(=O)NC)nn1. The second kappa shape index (κ2) is 10.7. The van der Waals surface area contributed by atoms with Crippen molar-refractivity contribution in [3.05, 3.63) is 41.7 Å². The number of aromatic nitrogens is 3. The normalized spacial score (nSPS) is 12.1. The van der Waals surface area contributed by atoms with Gasteiger partial charge in [-0.05, 0) is 38.4 Å². The highest BCUT2D eigenvalue weighted by Gasteiger charge is 2.22. The first-order valence-electron chi connectivity index (χ1n) is 10.1. The van der Waals surface area contributed by atoms with Crippen LogP contribution in [0.15, 0.2) is 30.5 Å². The first kappa shape index (κ1) is 22.5. The molecule has 0 saturated heterocycles. The molecule has 0 aliphatic heterocycles. The Morgan fingerprint density at radius 3 is 2.59 bits per heavy atom. The molecule has 2 rings (SSSR count). The molecule has 1 aromatic heterocycles. The van der Waals surface area contributed by atoms with Crippen LogP contribution in [0.2, 0.25) is 0 Å². The number of nitrogens with zero attached hydrogens (tertiary/aromatic N) is 5. The minimum Gasteiger partial charge on any atom is -0.358 e. The third kappa shape index (κ3) is 5.87. The van der Waals surface area contributed by atoms with Crippen molar-refractivity contribution in [2.24, 2.45) is 0 Å².